The Labute approximate surface area is 115 Å². The van der Waals surface area contributed by atoms with Gasteiger partial charge in [-0.25, -0.2) is 0 Å². The number of pyridine rings is 1. The molecule has 7 heteroatoms. The number of hydrogen-bond acceptors (Lipinski definition) is 5. The van der Waals surface area contributed by atoms with E-state index in [4.69, 9.17) is 17.0 Å². The summed E-state index contributed by atoms with van der Waals surface area (Å²) in [4.78, 5) is 15.4. The maximum Gasteiger partial charge on any atom is 0.307 e. The molecule has 0 spiro atoms. The minimum absolute atomic E-state index is 0.247. The number of carbonyl (C=O) groups excluding carboxylic acids is 1. The largest absolute Gasteiger partial charge is 0.466 e. The predicted molar refractivity (Wildman–Crippen MR) is 71.9 cm³/mol. The molecular formula is C12H14N4O2S. The molecule has 19 heavy (non-hydrogen) atoms. The van der Waals surface area contributed by atoms with Crippen LogP contribution in [-0.4, -0.2) is 32.3 Å². The van der Waals surface area contributed by atoms with Gasteiger partial charge in [0.2, 0.25) is 0 Å². The molecule has 0 fully saturated rings. The summed E-state index contributed by atoms with van der Waals surface area (Å²) in [5.74, 6) is 0.421. The van der Waals surface area contributed by atoms with Crippen LogP contribution in [0.3, 0.4) is 0 Å². The second kappa shape index (κ2) is 6.24. The quantitative estimate of drug-likeness (QED) is 0.668. The molecule has 0 bridgehead atoms. The van der Waals surface area contributed by atoms with Crippen molar-refractivity contribution in [2.75, 3.05) is 6.61 Å². The Balaban J connectivity index is 2.19. The number of ether oxygens (including phenoxy) is 1. The lowest BCUT2D eigenvalue weighted by atomic mass is 10.2. The standard InChI is InChI=1S/C12H14N4O2S/c1-2-18-10(17)5-7-16-11(14-15-12(16)19)9-4-3-6-13-8-9/h3-4,6,8H,2,5,7H2,1H3,(H,15,19). The topological polar surface area (TPSA) is 72.8 Å². The summed E-state index contributed by atoms with van der Waals surface area (Å²) in [7, 11) is 0. The highest BCUT2D eigenvalue weighted by Gasteiger charge is 2.10. The Kier molecular flexibility index (Phi) is 4.40. The van der Waals surface area contributed by atoms with E-state index in [-0.39, 0.29) is 12.4 Å². The predicted octanol–water partition coefficient (Wildman–Crippen LogP) is 1.96. The van der Waals surface area contributed by atoms with Crippen molar-refractivity contribution in [1.29, 1.82) is 0 Å². The molecule has 0 aliphatic rings. The summed E-state index contributed by atoms with van der Waals surface area (Å²) in [5.41, 5.74) is 0.846. The van der Waals surface area contributed by atoms with Crippen LogP contribution in [0.5, 0.6) is 0 Å². The van der Waals surface area contributed by atoms with Crippen LogP contribution in [0.2, 0.25) is 0 Å². The summed E-state index contributed by atoms with van der Waals surface area (Å²) in [6, 6.07) is 3.71. The smallest absolute Gasteiger partial charge is 0.307 e. The average Bonchev–Trinajstić information content (AvgIpc) is 2.79. The van der Waals surface area contributed by atoms with E-state index in [0.29, 0.717) is 23.7 Å². The second-order valence-electron chi connectivity index (χ2n) is 3.80. The number of nitrogens with one attached hydrogen (secondary N) is 1. The Hall–Kier alpha value is -2.02. The number of esters is 1. The zero-order valence-electron chi connectivity index (χ0n) is 10.5. The molecule has 2 rings (SSSR count). The van der Waals surface area contributed by atoms with Gasteiger partial charge in [-0.2, -0.15) is 5.10 Å². The van der Waals surface area contributed by atoms with Crippen LogP contribution in [0, 0.1) is 4.77 Å². The van der Waals surface area contributed by atoms with E-state index in [1.807, 2.05) is 12.1 Å². The van der Waals surface area contributed by atoms with Gasteiger partial charge in [-0.15, -0.1) is 0 Å². The van der Waals surface area contributed by atoms with Crippen molar-refractivity contribution < 1.29 is 9.53 Å². The van der Waals surface area contributed by atoms with Gasteiger partial charge in [0.15, 0.2) is 10.6 Å². The molecule has 1 N–H and O–H groups in total. The highest BCUT2D eigenvalue weighted by molar-refractivity contribution is 7.71. The lowest BCUT2D eigenvalue weighted by Gasteiger charge is -2.06. The monoisotopic (exact) mass is 278 g/mol. The molecule has 2 aromatic heterocycles. The summed E-state index contributed by atoms with van der Waals surface area (Å²) in [6.45, 7) is 2.59. The highest BCUT2D eigenvalue weighted by atomic mass is 32.1. The number of hydrogen-bond donors (Lipinski definition) is 1. The van der Waals surface area contributed by atoms with Crippen LogP contribution in [-0.2, 0) is 16.1 Å². The lowest BCUT2D eigenvalue weighted by Crippen LogP contribution is -2.10. The highest BCUT2D eigenvalue weighted by Crippen LogP contribution is 2.15. The molecule has 0 saturated heterocycles. The van der Waals surface area contributed by atoms with Crippen LogP contribution in [0.1, 0.15) is 13.3 Å². The SMILES string of the molecule is CCOC(=O)CCn1c(-c2cccnc2)n[nH]c1=S. The number of aromatic nitrogens is 4. The van der Waals surface area contributed by atoms with Crippen molar-refractivity contribution >= 4 is 18.2 Å². The number of rotatable bonds is 5. The fourth-order valence-corrected chi connectivity index (χ4v) is 1.90. The van der Waals surface area contributed by atoms with Gasteiger partial charge in [-0.1, -0.05) is 0 Å². The first kappa shape index (κ1) is 13.4. The molecule has 6 nitrogen and oxygen atoms in total. The summed E-state index contributed by atoms with van der Waals surface area (Å²) >= 11 is 5.16. The zero-order chi connectivity index (χ0) is 13.7. The minimum atomic E-state index is -0.247. The van der Waals surface area contributed by atoms with Gasteiger partial charge in [-0.05, 0) is 31.3 Å². The third-order valence-electron chi connectivity index (χ3n) is 2.52. The summed E-state index contributed by atoms with van der Waals surface area (Å²) < 4.78 is 7.14. The fourth-order valence-electron chi connectivity index (χ4n) is 1.68. The molecule has 0 aliphatic heterocycles. The van der Waals surface area contributed by atoms with Gasteiger partial charge in [0.25, 0.3) is 0 Å². The zero-order valence-corrected chi connectivity index (χ0v) is 11.3. The van der Waals surface area contributed by atoms with Crippen LogP contribution in [0.15, 0.2) is 24.5 Å². The fraction of sp³-hybridized carbons (Fsp3) is 0.333. The average molecular weight is 278 g/mol. The van der Waals surface area contributed by atoms with Gasteiger partial charge in [-0.3, -0.25) is 19.4 Å². The molecule has 100 valence electrons. The molecule has 0 aromatic carbocycles. The van der Waals surface area contributed by atoms with Crippen molar-refractivity contribution in [2.45, 2.75) is 19.9 Å². The molecule has 0 aliphatic carbocycles. The van der Waals surface area contributed by atoms with E-state index in [9.17, 15) is 4.79 Å². The first-order valence-electron chi connectivity index (χ1n) is 5.93. The Bertz CT molecular complexity index is 606. The van der Waals surface area contributed by atoms with Crippen LogP contribution < -0.4 is 0 Å². The minimum Gasteiger partial charge on any atom is -0.466 e. The van der Waals surface area contributed by atoms with Gasteiger partial charge >= 0.3 is 5.97 Å². The molecule has 0 amide bonds. The van der Waals surface area contributed by atoms with Gasteiger partial charge in [0.1, 0.15) is 0 Å². The molecule has 2 heterocycles. The van der Waals surface area contributed by atoms with E-state index < -0.39 is 0 Å². The third kappa shape index (κ3) is 3.25. The molecule has 0 radical (unpaired) electrons. The van der Waals surface area contributed by atoms with Crippen molar-refractivity contribution in [1.82, 2.24) is 19.7 Å². The summed E-state index contributed by atoms with van der Waals surface area (Å²) in [5, 5.41) is 6.89. The van der Waals surface area contributed by atoms with E-state index in [1.165, 1.54) is 0 Å². The van der Waals surface area contributed by atoms with E-state index in [1.54, 1.807) is 23.9 Å². The Morgan fingerprint density at radius 2 is 2.42 bits per heavy atom. The molecule has 2 aromatic rings. The molecule has 0 saturated carbocycles. The second-order valence-corrected chi connectivity index (χ2v) is 4.19. The maximum absolute atomic E-state index is 11.4. The van der Waals surface area contributed by atoms with Gasteiger partial charge in [0.05, 0.1) is 13.0 Å². The Morgan fingerprint density at radius 3 is 3.11 bits per heavy atom. The van der Waals surface area contributed by atoms with Crippen molar-refractivity contribution in [3.05, 3.63) is 29.3 Å². The van der Waals surface area contributed by atoms with Gasteiger partial charge < -0.3 is 4.74 Å². The van der Waals surface area contributed by atoms with Crippen molar-refractivity contribution in [2.24, 2.45) is 0 Å². The maximum atomic E-state index is 11.4. The first-order chi connectivity index (χ1) is 9.22. The number of aromatic amines is 1. The molecule has 0 unspecified atom stereocenters. The van der Waals surface area contributed by atoms with Crippen molar-refractivity contribution in [3.8, 4) is 11.4 Å². The summed E-state index contributed by atoms with van der Waals surface area (Å²) in [6.07, 6.45) is 3.65. The van der Waals surface area contributed by atoms with Crippen molar-refractivity contribution in [3.63, 3.8) is 0 Å². The number of carbonyl (C=O) groups is 1. The Morgan fingerprint density at radius 1 is 1.58 bits per heavy atom. The van der Waals surface area contributed by atoms with Gasteiger partial charge in [0, 0.05) is 24.5 Å². The van der Waals surface area contributed by atoms with Crippen LogP contribution in [0.4, 0.5) is 0 Å². The first-order valence-corrected chi connectivity index (χ1v) is 6.34. The lowest BCUT2D eigenvalue weighted by molar-refractivity contribution is -0.143. The van der Waals surface area contributed by atoms with E-state index in [2.05, 4.69) is 15.2 Å². The molecular weight excluding hydrogens is 264 g/mol. The normalized spacial score (nSPS) is 10.4. The third-order valence-corrected chi connectivity index (χ3v) is 2.83. The molecule has 0 atom stereocenters. The number of nitrogens with zero attached hydrogens (tertiary/aromatic N) is 3. The van der Waals surface area contributed by atoms with Crippen LogP contribution in [0.25, 0.3) is 11.4 Å². The van der Waals surface area contributed by atoms with E-state index in [0.717, 1.165) is 5.56 Å². The van der Waals surface area contributed by atoms with E-state index >= 15 is 0 Å². The van der Waals surface area contributed by atoms with Crippen LogP contribution >= 0.6 is 12.2 Å². The number of H-pyrrole nitrogens is 1.